The summed E-state index contributed by atoms with van der Waals surface area (Å²) in [7, 11) is 0. The van der Waals surface area contributed by atoms with Crippen molar-refractivity contribution < 1.29 is 4.79 Å². The van der Waals surface area contributed by atoms with Crippen LogP contribution >= 0.6 is 11.6 Å². The smallest absolute Gasteiger partial charge is 0.225 e. The van der Waals surface area contributed by atoms with Crippen LogP contribution in [0.5, 0.6) is 0 Å². The highest BCUT2D eigenvalue weighted by atomic mass is 35.5. The molecule has 1 aliphatic rings. The fourth-order valence-electron chi connectivity index (χ4n) is 3.44. The molecule has 2 atom stereocenters. The van der Waals surface area contributed by atoms with E-state index in [9.17, 15) is 4.79 Å². The van der Waals surface area contributed by atoms with Crippen LogP contribution in [-0.2, 0) is 4.79 Å². The van der Waals surface area contributed by atoms with Crippen LogP contribution in [0.4, 0.5) is 5.82 Å². The van der Waals surface area contributed by atoms with Crippen LogP contribution in [0, 0.1) is 11.8 Å². The minimum Gasteiger partial charge on any atom is -0.354 e. The molecule has 2 aromatic rings. The van der Waals surface area contributed by atoms with Crippen molar-refractivity contribution in [2.75, 3.05) is 18.0 Å². The van der Waals surface area contributed by atoms with Gasteiger partial charge in [0.1, 0.15) is 0 Å². The molecule has 138 valence electrons. The van der Waals surface area contributed by atoms with Crippen molar-refractivity contribution in [1.29, 1.82) is 0 Å². The van der Waals surface area contributed by atoms with Crippen LogP contribution in [0.2, 0.25) is 5.15 Å². The van der Waals surface area contributed by atoms with Gasteiger partial charge in [-0.3, -0.25) is 4.79 Å². The molecule has 6 heteroatoms. The number of amides is 1. The Kier molecular flexibility index (Phi) is 6.09. The highest BCUT2D eigenvalue weighted by molar-refractivity contribution is 6.29. The van der Waals surface area contributed by atoms with E-state index in [2.05, 4.69) is 46.4 Å². The fourth-order valence-corrected chi connectivity index (χ4v) is 3.54. The standard InChI is InChI=1S/C20H25ClN4O/c1-14(2)19(15-7-4-3-5-8-15)22-20(26)16-9-6-12-25(13-16)18-11-10-17(21)23-24-18/h3-5,7-8,10-11,14,16,19H,6,9,12-13H2,1-2H3,(H,22,26)/t16-,19+/m1/s1. The largest absolute Gasteiger partial charge is 0.354 e. The third-order valence-electron chi connectivity index (χ3n) is 4.86. The van der Waals surface area contributed by atoms with Gasteiger partial charge in [-0.15, -0.1) is 10.2 Å². The lowest BCUT2D eigenvalue weighted by Gasteiger charge is -2.34. The zero-order chi connectivity index (χ0) is 18.5. The second kappa shape index (κ2) is 8.49. The molecule has 1 saturated heterocycles. The molecule has 26 heavy (non-hydrogen) atoms. The normalized spacial score (nSPS) is 18.6. The number of hydrogen-bond acceptors (Lipinski definition) is 4. The van der Waals surface area contributed by atoms with E-state index < -0.39 is 0 Å². The van der Waals surface area contributed by atoms with E-state index in [4.69, 9.17) is 11.6 Å². The molecule has 1 N–H and O–H groups in total. The monoisotopic (exact) mass is 372 g/mol. The van der Waals surface area contributed by atoms with E-state index >= 15 is 0 Å². The summed E-state index contributed by atoms with van der Waals surface area (Å²) in [6.07, 6.45) is 1.85. The number of nitrogens with zero attached hydrogens (tertiary/aromatic N) is 3. The second-order valence-corrected chi connectivity index (χ2v) is 7.53. The predicted molar refractivity (Wildman–Crippen MR) is 104 cm³/mol. The maximum Gasteiger partial charge on any atom is 0.225 e. The van der Waals surface area contributed by atoms with E-state index in [1.807, 2.05) is 24.3 Å². The Balaban J connectivity index is 1.67. The number of piperidine rings is 1. The van der Waals surface area contributed by atoms with Crippen molar-refractivity contribution in [2.24, 2.45) is 11.8 Å². The summed E-state index contributed by atoms with van der Waals surface area (Å²) >= 11 is 5.82. The lowest BCUT2D eigenvalue weighted by atomic mass is 9.93. The molecule has 1 fully saturated rings. The summed E-state index contributed by atoms with van der Waals surface area (Å²) in [6.45, 7) is 5.80. The van der Waals surface area contributed by atoms with Gasteiger partial charge in [-0.1, -0.05) is 55.8 Å². The molecule has 1 aromatic carbocycles. The average Bonchev–Trinajstić information content (AvgIpc) is 2.67. The Morgan fingerprint density at radius 3 is 2.62 bits per heavy atom. The molecule has 0 bridgehead atoms. The number of benzene rings is 1. The highest BCUT2D eigenvalue weighted by Gasteiger charge is 2.29. The Labute approximate surface area is 159 Å². The molecule has 1 amide bonds. The number of rotatable bonds is 5. The molecule has 1 aromatic heterocycles. The maximum atomic E-state index is 12.9. The van der Waals surface area contributed by atoms with Crippen molar-refractivity contribution in [2.45, 2.75) is 32.7 Å². The van der Waals surface area contributed by atoms with Crippen LogP contribution in [0.25, 0.3) is 0 Å². The molecular formula is C20H25ClN4O. The van der Waals surface area contributed by atoms with Gasteiger partial charge in [0.05, 0.1) is 12.0 Å². The summed E-state index contributed by atoms with van der Waals surface area (Å²) in [5, 5.41) is 11.7. The third kappa shape index (κ3) is 4.52. The summed E-state index contributed by atoms with van der Waals surface area (Å²) in [6, 6.07) is 13.8. The summed E-state index contributed by atoms with van der Waals surface area (Å²) in [5.41, 5.74) is 1.15. The van der Waals surface area contributed by atoms with Crippen LogP contribution in [0.3, 0.4) is 0 Å². The van der Waals surface area contributed by atoms with E-state index in [-0.39, 0.29) is 17.9 Å². The quantitative estimate of drug-likeness (QED) is 0.865. The molecular weight excluding hydrogens is 348 g/mol. The van der Waals surface area contributed by atoms with Crippen molar-refractivity contribution >= 4 is 23.3 Å². The Morgan fingerprint density at radius 2 is 1.96 bits per heavy atom. The number of carbonyl (C=O) groups excluding carboxylic acids is 1. The Bertz CT molecular complexity index is 720. The fraction of sp³-hybridized carbons (Fsp3) is 0.450. The first-order valence-corrected chi connectivity index (χ1v) is 9.52. The summed E-state index contributed by atoms with van der Waals surface area (Å²) in [4.78, 5) is 15.0. The van der Waals surface area contributed by atoms with Crippen LogP contribution in [0.1, 0.15) is 38.3 Å². The minimum absolute atomic E-state index is 0.0226. The van der Waals surface area contributed by atoms with Crippen molar-refractivity contribution in [3.8, 4) is 0 Å². The van der Waals surface area contributed by atoms with Crippen molar-refractivity contribution in [3.05, 3.63) is 53.2 Å². The van der Waals surface area contributed by atoms with E-state index in [0.29, 0.717) is 17.6 Å². The molecule has 5 nitrogen and oxygen atoms in total. The second-order valence-electron chi connectivity index (χ2n) is 7.14. The van der Waals surface area contributed by atoms with E-state index in [1.165, 1.54) is 0 Å². The number of carbonyl (C=O) groups is 1. The molecule has 3 rings (SSSR count). The molecule has 0 saturated carbocycles. The maximum absolute atomic E-state index is 12.9. The van der Waals surface area contributed by atoms with Crippen LogP contribution in [-0.4, -0.2) is 29.2 Å². The number of anilines is 1. The number of hydrogen-bond donors (Lipinski definition) is 1. The van der Waals surface area contributed by atoms with Gasteiger partial charge in [0, 0.05) is 13.1 Å². The van der Waals surface area contributed by atoms with Crippen molar-refractivity contribution in [3.63, 3.8) is 0 Å². The first kappa shape index (κ1) is 18.6. The molecule has 0 radical (unpaired) electrons. The topological polar surface area (TPSA) is 58.1 Å². The predicted octanol–water partition coefficient (Wildman–Crippen LogP) is 3.86. The first-order valence-electron chi connectivity index (χ1n) is 9.14. The number of aromatic nitrogens is 2. The molecule has 0 unspecified atom stereocenters. The van der Waals surface area contributed by atoms with Gasteiger partial charge in [-0.25, -0.2) is 0 Å². The molecule has 0 spiro atoms. The van der Waals surface area contributed by atoms with Gasteiger partial charge in [0.25, 0.3) is 0 Å². The van der Waals surface area contributed by atoms with Gasteiger partial charge in [-0.2, -0.15) is 0 Å². The van der Waals surface area contributed by atoms with Gasteiger partial charge in [0.2, 0.25) is 5.91 Å². The van der Waals surface area contributed by atoms with Crippen molar-refractivity contribution in [1.82, 2.24) is 15.5 Å². The van der Waals surface area contributed by atoms with Gasteiger partial charge in [0.15, 0.2) is 11.0 Å². The summed E-state index contributed by atoms with van der Waals surface area (Å²) in [5.74, 6) is 1.16. The van der Waals surface area contributed by atoms with E-state index in [0.717, 1.165) is 30.8 Å². The average molecular weight is 373 g/mol. The third-order valence-corrected chi connectivity index (χ3v) is 5.06. The lowest BCUT2D eigenvalue weighted by Crippen LogP contribution is -2.45. The lowest BCUT2D eigenvalue weighted by molar-refractivity contribution is -0.126. The van der Waals surface area contributed by atoms with E-state index in [1.54, 1.807) is 6.07 Å². The first-order chi connectivity index (χ1) is 12.5. The van der Waals surface area contributed by atoms with Gasteiger partial charge >= 0.3 is 0 Å². The summed E-state index contributed by atoms with van der Waals surface area (Å²) < 4.78 is 0. The molecule has 2 heterocycles. The number of halogens is 1. The van der Waals surface area contributed by atoms with Gasteiger partial charge in [-0.05, 0) is 36.5 Å². The van der Waals surface area contributed by atoms with Gasteiger partial charge < -0.3 is 10.2 Å². The SMILES string of the molecule is CC(C)[C@H](NC(=O)[C@@H]1CCCN(c2ccc(Cl)nn2)C1)c1ccccc1. The number of nitrogens with one attached hydrogen (secondary N) is 1. The highest BCUT2D eigenvalue weighted by Crippen LogP contribution is 2.25. The van der Waals surface area contributed by atoms with Crippen LogP contribution in [0.15, 0.2) is 42.5 Å². The van der Waals surface area contributed by atoms with Crippen LogP contribution < -0.4 is 10.2 Å². The minimum atomic E-state index is -0.0498. The Hall–Kier alpha value is -2.14. The Morgan fingerprint density at radius 1 is 1.19 bits per heavy atom. The molecule has 0 aliphatic carbocycles. The molecule has 1 aliphatic heterocycles. The zero-order valence-corrected chi connectivity index (χ0v) is 16.0. The zero-order valence-electron chi connectivity index (χ0n) is 15.2.